The van der Waals surface area contributed by atoms with Crippen LogP contribution in [0.1, 0.15) is 5.69 Å². The third kappa shape index (κ3) is 3.48. The second kappa shape index (κ2) is 6.62. The summed E-state index contributed by atoms with van der Waals surface area (Å²) in [4.78, 5) is 10.6. The van der Waals surface area contributed by atoms with Gasteiger partial charge in [0.1, 0.15) is 17.5 Å². The van der Waals surface area contributed by atoms with Gasteiger partial charge in [-0.3, -0.25) is 0 Å². The Kier molecular flexibility index (Phi) is 4.37. The van der Waals surface area contributed by atoms with E-state index in [0.29, 0.717) is 5.82 Å². The number of hydrogen-bond acceptors (Lipinski definition) is 4. The van der Waals surface area contributed by atoms with Gasteiger partial charge in [0.25, 0.3) is 0 Å². The fourth-order valence-corrected chi connectivity index (χ4v) is 2.27. The van der Waals surface area contributed by atoms with Gasteiger partial charge in [-0.2, -0.15) is 4.98 Å². The zero-order chi connectivity index (χ0) is 17.1. The van der Waals surface area contributed by atoms with Gasteiger partial charge in [0.2, 0.25) is 5.95 Å². The van der Waals surface area contributed by atoms with Gasteiger partial charge < -0.3 is 10.2 Å². The van der Waals surface area contributed by atoms with E-state index in [0.717, 1.165) is 17.4 Å². The van der Waals surface area contributed by atoms with Crippen LogP contribution in [-0.2, 0) is 0 Å². The molecule has 0 aliphatic heterocycles. The summed E-state index contributed by atoms with van der Waals surface area (Å²) in [5, 5.41) is 2.80. The first kappa shape index (κ1) is 15.9. The van der Waals surface area contributed by atoms with E-state index < -0.39 is 11.6 Å². The highest BCUT2D eigenvalue weighted by atomic mass is 19.1. The minimum absolute atomic E-state index is 0.121. The lowest BCUT2D eigenvalue weighted by Crippen LogP contribution is -2.13. The summed E-state index contributed by atoms with van der Waals surface area (Å²) in [7, 11) is 1.89. The van der Waals surface area contributed by atoms with Crippen LogP contribution in [0.4, 0.5) is 31.9 Å². The number of aromatic nitrogens is 2. The zero-order valence-corrected chi connectivity index (χ0v) is 13.3. The van der Waals surface area contributed by atoms with Gasteiger partial charge in [-0.15, -0.1) is 0 Å². The molecule has 0 saturated heterocycles. The summed E-state index contributed by atoms with van der Waals surface area (Å²) < 4.78 is 26.8. The third-order valence-corrected chi connectivity index (χ3v) is 3.51. The fourth-order valence-electron chi connectivity index (χ4n) is 2.27. The molecular weight excluding hydrogens is 310 g/mol. The van der Waals surface area contributed by atoms with Crippen molar-refractivity contribution in [2.24, 2.45) is 0 Å². The molecule has 0 bridgehead atoms. The average molecular weight is 326 g/mol. The van der Waals surface area contributed by atoms with Gasteiger partial charge in [-0.05, 0) is 31.2 Å². The smallest absolute Gasteiger partial charge is 0.229 e. The Morgan fingerprint density at radius 2 is 1.71 bits per heavy atom. The van der Waals surface area contributed by atoms with Gasteiger partial charge in [0.15, 0.2) is 0 Å². The summed E-state index contributed by atoms with van der Waals surface area (Å²) in [5.74, 6) is -0.414. The first-order valence-corrected chi connectivity index (χ1v) is 7.39. The molecule has 3 rings (SSSR count). The average Bonchev–Trinajstić information content (AvgIpc) is 2.57. The summed E-state index contributed by atoms with van der Waals surface area (Å²) in [6.45, 7) is 1.83. The van der Waals surface area contributed by atoms with Gasteiger partial charge in [0.05, 0.1) is 5.69 Å². The Labute approximate surface area is 138 Å². The Morgan fingerprint density at radius 3 is 2.42 bits per heavy atom. The molecule has 4 nitrogen and oxygen atoms in total. The number of nitrogens with zero attached hydrogens (tertiary/aromatic N) is 3. The number of benzene rings is 2. The van der Waals surface area contributed by atoms with E-state index in [4.69, 9.17) is 0 Å². The first-order chi connectivity index (χ1) is 11.5. The zero-order valence-electron chi connectivity index (χ0n) is 13.3. The van der Waals surface area contributed by atoms with Crippen molar-refractivity contribution in [1.29, 1.82) is 0 Å². The van der Waals surface area contributed by atoms with Crippen molar-refractivity contribution in [3.05, 3.63) is 71.9 Å². The Bertz CT molecular complexity index is 853. The lowest BCUT2D eigenvalue weighted by atomic mass is 10.3. The molecule has 1 heterocycles. The molecule has 1 aromatic heterocycles. The molecule has 0 aliphatic rings. The normalized spacial score (nSPS) is 10.5. The molecular formula is C18H16F2N4. The van der Waals surface area contributed by atoms with E-state index in [1.54, 1.807) is 0 Å². The highest BCUT2D eigenvalue weighted by molar-refractivity contribution is 5.62. The summed E-state index contributed by atoms with van der Waals surface area (Å²) in [5.41, 5.74) is 1.82. The van der Waals surface area contributed by atoms with E-state index in [2.05, 4.69) is 15.3 Å². The second-order valence-corrected chi connectivity index (χ2v) is 5.33. The minimum Gasteiger partial charge on any atom is -0.329 e. The van der Waals surface area contributed by atoms with Crippen LogP contribution in [0.15, 0.2) is 54.6 Å². The number of anilines is 4. The molecule has 6 heteroatoms. The molecule has 0 atom stereocenters. The topological polar surface area (TPSA) is 41.1 Å². The van der Waals surface area contributed by atoms with Crippen molar-refractivity contribution >= 4 is 23.1 Å². The first-order valence-electron chi connectivity index (χ1n) is 7.39. The number of halogens is 2. The minimum atomic E-state index is -0.696. The van der Waals surface area contributed by atoms with E-state index in [-0.39, 0.29) is 11.6 Å². The monoisotopic (exact) mass is 326 g/mol. The van der Waals surface area contributed by atoms with Gasteiger partial charge in [-0.1, -0.05) is 18.2 Å². The van der Waals surface area contributed by atoms with Crippen LogP contribution < -0.4 is 10.2 Å². The molecule has 0 aliphatic carbocycles. The van der Waals surface area contributed by atoms with Crippen molar-refractivity contribution in [2.45, 2.75) is 6.92 Å². The molecule has 0 saturated carbocycles. The number of hydrogen-bond donors (Lipinski definition) is 1. The van der Waals surface area contributed by atoms with Gasteiger partial charge in [0, 0.05) is 30.6 Å². The maximum absolute atomic E-state index is 13.8. The van der Waals surface area contributed by atoms with Crippen molar-refractivity contribution in [3.8, 4) is 0 Å². The van der Waals surface area contributed by atoms with E-state index in [9.17, 15) is 8.78 Å². The van der Waals surface area contributed by atoms with Crippen molar-refractivity contribution < 1.29 is 8.78 Å². The maximum Gasteiger partial charge on any atom is 0.229 e. The van der Waals surface area contributed by atoms with Crippen molar-refractivity contribution in [2.75, 3.05) is 17.3 Å². The molecule has 0 fully saturated rings. The van der Waals surface area contributed by atoms with Crippen LogP contribution in [0.2, 0.25) is 0 Å². The van der Waals surface area contributed by atoms with Crippen LogP contribution in [0.5, 0.6) is 0 Å². The lowest BCUT2D eigenvalue weighted by molar-refractivity contribution is 0.586. The van der Waals surface area contributed by atoms with Crippen LogP contribution in [0.3, 0.4) is 0 Å². The quantitative estimate of drug-likeness (QED) is 0.762. The van der Waals surface area contributed by atoms with Crippen LogP contribution in [0, 0.1) is 18.6 Å². The highest BCUT2D eigenvalue weighted by Gasteiger charge is 2.10. The molecule has 1 N–H and O–H groups in total. The highest BCUT2D eigenvalue weighted by Crippen LogP contribution is 2.24. The van der Waals surface area contributed by atoms with Crippen LogP contribution in [0.25, 0.3) is 0 Å². The number of rotatable bonds is 4. The molecule has 0 amide bonds. The molecule has 122 valence electrons. The Morgan fingerprint density at radius 1 is 0.958 bits per heavy atom. The maximum atomic E-state index is 13.8. The molecule has 3 aromatic rings. The van der Waals surface area contributed by atoms with Gasteiger partial charge in [-0.25, -0.2) is 13.8 Å². The molecule has 0 radical (unpaired) electrons. The fraction of sp³-hybridized carbons (Fsp3) is 0.111. The third-order valence-electron chi connectivity index (χ3n) is 3.51. The second-order valence-electron chi connectivity index (χ2n) is 5.33. The summed E-state index contributed by atoms with van der Waals surface area (Å²) >= 11 is 0. The predicted octanol–water partition coefficient (Wildman–Crippen LogP) is 4.57. The van der Waals surface area contributed by atoms with E-state index >= 15 is 0 Å². The molecule has 0 unspecified atom stereocenters. The van der Waals surface area contributed by atoms with Crippen molar-refractivity contribution in [3.63, 3.8) is 0 Å². The Balaban J connectivity index is 1.91. The number of nitrogens with one attached hydrogen (secondary N) is 1. The standard InChI is InChI=1S/C18H16F2N4/c1-12-10-17(24(2)14-6-4-3-5-7-14)23-18(21-12)22-16-9-8-13(19)11-15(16)20/h3-11H,1-2H3,(H,21,22,23). The largest absolute Gasteiger partial charge is 0.329 e. The van der Waals surface area contributed by atoms with E-state index in [1.807, 2.05) is 55.3 Å². The van der Waals surface area contributed by atoms with Crippen LogP contribution in [-0.4, -0.2) is 17.0 Å². The number of aryl methyl sites for hydroxylation is 1. The van der Waals surface area contributed by atoms with Crippen molar-refractivity contribution in [1.82, 2.24) is 9.97 Å². The van der Waals surface area contributed by atoms with Gasteiger partial charge >= 0.3 is 0 Å². The number of para-hydroxylation sites is 1. The summed E-state index contributed by atoms with van der Waals surface area (Å²) in [6, 6.07) is 14.9. The Hall–Kier alpha value is -3.02. The van der Waals surface area contributed by atoms with Crippen LogP contribution >= 0.6 is 0 Å². The summed E-state index contributed by atoms with van der Waals surface area (Å²) in [6.07, 6.45) is 0. The lowest BCUT2D eigenvalue weighted by Gasteiger charge is -2.19. The molecule has 2 aromatic carbocycles. The molecule has 0 spiro atoms. The van der Waals surface area contributed by atoms with E-state index in [1.165, 1.54) is 12.1 Å². The molecule has 24 heavy (non-hydrogen) atoms. The SMILES string of the molecule is Cc1cc(N(C)c2ccccc2)nc(Nc2ccc(F)cc2F)n1. The predicted molar refractivity (Wildman–Crippen MR) is 90.9 cm³/mol.